The molecule has 2 rings (SSSR count). The quantitative estimate of drug-likeness (QED) is 0.449. The fraction of sp³-hybridized carbons (Fsp3) is 0.381. The van der Waals surface area contributed by atoms with Gasteiger partial charge in [0, 0.05) is 5.56 Å². The van der Waals surface area contributed by atoms with Crippen LogP contribution in [0.15, 0.2) is 42.5 Å². The van der Waals surface area contributed by atoms with Gasteiger partial charge >= 0.3 is 7.60 Å². The highest BCUT2D eigenvalue weighted by Gasteiger charge is 2.34. The van der Waals surface area contributed by atoms with Gasteiger partial charge < -0.3 is 18.5 Å². The highest BCUT2D eigenvalue weighted by Crippen LogP contribution is 2.53. The summed E-state index contributed by atoms with van der Waals surface area (Å²) in [6.07, 6.45) is -0.519. The van der Waals surface area contributed by atoms with Crippen LogP contribution in [0.4, 0.5) is 4.39 Å². The fourth-order valence-corrected chi connectivity index (χ4v) is 4.18. The van der Waals surface area contributed by atoms with E-state index in [1.165, 1.54) is 12.1 Å². The maximum absolute atomic E-state index is 13.4. The van der Waals surface area contributed by atoms with Gasteiger partial charge in [0.15, 0.2) is 5.85 Å². The number of hydrogen-bond acceptors (Lipinski definition) is 6. The molecule has 0 amide bonds. The third-order valence-corrected chi connectivity index (χ3v) is 6.32. The van der Waals surface area contributed by atoms with Crippen LogP contribution < -0.4 is 9.47 Å². The van der Waals surface area contributed by atoms with Gasteiger partial charge in [-0.25, -0.2) is 4.39 Å². The first-order valence-electron chi connectivity index (χ1n) is 9.35. The summed E-state index contributed by atoms with van der Waals surface area (Å²) in [7, 11) is -3.46. The van der Waals surface area contributed by atoms with E-state index in [-0.39, 0.29) is 24.5 Å². The number of rotatable bonds is 10. The van der Waals surface area contributed by atoms with Gasteiger partial charge in [0.2, 0.25) is 0 Å². The first kappa shape index (κ1) is 22.9. The van der Waals surface area contributed by atoms with Gasteiger partial charge in [-0.1, -0.05) is 18.2 Å². The fourth-order valence-electron chi connectivity index (χ4n) is 2.73. The molecule has 0 aromatic heterocycles. The number of halogens is 1. The van der Waals surface area contributed by atoms with E-state index >= 15 is 0 Å². The molecular formula is C21H25FNO5P. The molecule has 0 aliphatic heterocycles. The Morgan fingerprint density at radius 2 is 1.69 bits per heavy atom. The van der Waals surface area contributed by atoms with Crippen LogP contribution in [-0.2, 0) is 13.6 Å². The van der Waals surface area contributed by atoms with Gasteiger partial charge in [0.1, 0.15) is 29.5 Å². The van der Waals surface area contributed by atoms with Gasteiger partial charge in [-0.15, -0.1) is 0 Å². The van der Waals surface area contributed by atoms with Crippen LogP contribution >= 0.6 is 7.60 Å². The van der Waals surface area contributed by atoms with E-state index in [1.54, 1.807) is 45.9 Å². The van der Waals surface area contributed by atoms with Crippen molar-refractivity contribution in [3.63, 3.8) is 0 Å². The molecule has 0 saturated heterocycles. The summed E-state index contributed by atoms with van der Waals surface area (Å²) in [5, 5.41) is 9.21. The highest BCUT2D eigenvalue weighted by molar-refractivity contribution is 7.54. The summed E-state index contributed by atoms with van der Waals surface area (Å²) in [6.45, 7) is 7.33. The average molecular weight is 421 g/mol. The maximum atomic E-state index is 13.4. The zero-order chi connectivity index (χ0) is 21.4. The standard InChI is InChI=1S/C21H25FNO5P/c1-5-25-29(24,26-6-2)16(4)28-21-10-8-7-9-19(21)15(3)27-20-12-11-18(22)13-17(20)14-23/h7-13,15-16H,5-6H2,1-4H3. The summed E-state index contributed by atoms with van der Waals surface area (Å²) in [5.74, 6) is -0.635. The molecule has 156 valence electrons. The molecule has 8 heteroatoms. The number of nitrogens with zero attached hydrogens (tertiary/aromatic N) is 1. The second-order valence-corrected chi connectivity index (χ2v) is 8.47. The van der Waals surface area contributed by atoms with Crippen LogP contribution in [-0.4, -0.2) is 19.1 Å². The molecule has 2 atom stereocenters. The Hall–Kier alpha value is -2.39. The van der Waals surface area contributed by atoms with E-state index in [2.05, 4.69) is 0 Å². The van der Waals surface area contributed by atoms with Crippen molar-refractivity contribution in [3.8, 4) is 17.6 Å². The molecule has 0 aliphatic carbocycles. The van der Waals surface area contributed by atoms with E-state index in [1.807, 2.05) is 12.1 Å². The zero-order valence-electron chi connectivity index (χ0n) is 16.9. The van der Waals surface area contributed by atoms with Crippen molar-refractivity contribution >= 4 is 7.60 Å². The van der Waals surface area contributed by atoms with Crippen LogP contribution in [0.25, 0.3) is 0 Å². The molecule has 0 N–H and O–H groups in total. The van der Waals surface area contributed by atoms with E-state index in [0.29, 0.717) is 11.3 Å². The molecule has 0 spiro atoms. The molecule has 0 saturated carbocycles. The lowest BCUT2D eigenvalue weighted by atomic mass is 10.1. The molecule has 2 unspecified atom stereocenters. The summed E-state index contributed by atoms with van der Waals surface area (Å²) in [4.78, 5) is 0. The first-order chi connectivity index (χ1) is 13.8. The molecule has 0 aliphatic rings. The lowest BCUT2D eigenvalue weighted by Gasteiger charge is -2.26. The molecule has 0 heterocycles. The number of nitriles is 1. The van der Waals surface area contributed by atoms with Crippen molar-refractivity contribution in [2.45, 2.75) is 39.6 Å². The Bertz CT molecular complexity index is 904. The Labute approximate surface area is 170 Å². The summed E-state index contributed by atoms with van der Waals surface area (Å²) in [5.41, 5.74) is 0.771. The minimum atomic E-state index is -3.46. The molecule has 2 aromatic carbocycles. The van der Waals surface area contributed by atoms with Gasteiger partial charge in [-0.3, -0.25) is 4.57 Å². The average Bonchev–Trinajstić information content (AvgIpc) is 2.70. The lowest BCUT2D eigenvalue weighted by molar-refractivity contribution is 0.163. The Morgan fingerprint density at radius 3 is 2.31 bits per heavy atom. The Balaban J connectivity index is 2.26. The largest absolute Gasteiger partial charge is 0.484 e. The van der Waals surface area contributed by atoms with Crippen LogP contribution in [0.2, 0.25) is 0 Å². The van der Waals surface area contributed by atoms with Crippen molar-refractivity contribution < 1.29 is 27.5 Å². The number of ether oxygens (including phenoxy) is 2. The van der Waals surface area contributed by atoms with E-state index < -0.39 is 25.4 Å². The number of hydrogen-bond donors (Lipinski definition) is 0. The Kier molecular flexibility index (Phi) is 8.21. The molecule has 2 aromatic rings. The van der Waals surface area contributed by atoms with Gasteiger partial charge in [-0.05, 0) is 52.0 Å². The third-order valence-electron chi connectivity index (χ3n) is 4.08. The van der Waals surface area contributed by atoms with Crippen molar-refractivity contribution in [2.75, 3.05) is 13.2 Å². The SMILES string of the molecule is CCOP(=O)(OCC)C(C)Oc1ccccc1C(C)Oc1ccc(F)cc1C#N. The van der Waals surface area contributed by atoms with Crippen molar-refractivity contribution in [1.82, 2.24) is 0 Å². The normalized spacial score (nSPS) is 13.4. The van der Waals surface area contributed by atoms with Gasteiger partial charge in [0.05, 0.1) is 18.8 Å². The van der Waals surface area contributed by atoms with Crippen molar-refractivity contribution in [1.29, 1.82) is 5.26 Å². The monoisotopic (exact) mass is 421 g/mol. The van der Waals surface area contributed by atoms with Crippen molar-refractivity contribution in [3.05, 3.63) is 59.4 Å². The molecule has 0 bridgehead atoms. The predicted octanol–water partition coefficient (Wildman–Crippen LogP) is 5.83. The Morgan fingerprint density at radius 1 is 1.03 bits per heavy atom. The van der Waals surface area contributed by atoms with Crippen LogP contribution in [0.5, 0.6) is 11.5 Å². The first-order valence-corrected chi connectivity index (χ1v) is 11.0. The highest BCUT2D eigenvalue weighted by atomic mass is 31.2. The summed E-state index contributed by atoms with van der Waals surface area (Å²) < 4.78 is 48.8. The second kappa shape index (κ2) is 10.4. The lowest BCUT2D eigenvalue weighted by Crippen LogP contribution is -2.18. The summed E-state index contributed by atoms with van der Waals surface area (Å²) in [6, 6.07) is 12.8. The molecule has 6 nitrogen and oxygen atoms in total. The van der Waals surface area contributed by atoms with Crippen LogP contribution in [0.1, 0.15) is 44.9 Å². The summed E-state index contributed by atoms with van der Waals surface area (Å²) >= 11 is 0. The molecule has 29 heavy (non-hydrogen) atoms. The zero-order valence-corrected chi connectivity index (χ0v) is 17.8. The minimum Gasteiger partial charge on any atom is -0.484 e. The van der Waals surface area contributed by atoms with Crippen LogP contribution in [0, 0.1) is 17.1 Å². The maximum Gasteiger partial charge on any atom is 0.370 e. The van der Waals surface area contributed by atoms with E-state index in [0.717, 1.165) is 6.07 Å². The second-order valence-electron chi connectivity index (χ2n) is 6.14. The smallest absolute Gasteiger partial charge is 0.370 e. The van der Waals surface area contributed by atoms with E-state index in [9.17, 15) is 14.2 Å². The predicted molar refractivity (Wildman–Crippen MR) is 108 cm³/mol. The minimum absolute atomic E-state index is 0.0980. The van der Waals surface area contributed by atoms with Crippen molar-refractivity contribution in [2.24, 2.45) is 0 Å². The third kappa shape index (κ3) is 5.80. The topological polar surface area (TPSA) is 77.8 Å². The molecular weight excluding hydrogens is 396 g/mol. The number of benzene rings is 2. The van der Waals surface area contributed by atoms with Crippen LogP contribution in [0.3, 0.4) is 0 Å². The molecule has 0 radical (unpaired) electrons. The number of para-hydroxylation sites is 1. The van der Waals surface area contributed by atoms with E-state index in [4.69, 9.17) is 18.5 Å². The molecule has 0 fully saturated rings. The van der Waals surface area contributed by atoms with Gasteiger partial charge in [-0.2, -0.15) is 5.26 Å². The van der Waals surface area contributed by atoms with Gasteiger partial charge in [0.25, 0.3) is 0 Å².